The van der Waals surface area contributed by atoms with Gasteiger partial charge in [0.25, 0.3) is 8.05 Å². The number of allylic oxidation sites excluding steroid dienone is 2. The van der Waals surface area contributed by atoms with E-state index >= 15 is 0 Å². The lowest BCUT2D eigenvalue weighted by molar-refractivity contribution is 0.209. The summed E-state index contributed by atoms with van der Waals surface area (Å²) in [5.41, 5.74) is 3.15. The van der Waals surface area contributed by atoms with Crippen LogP contribution < -0.4 is 0 Å². The van der Waals surface area contributed by atoms with Crippen molar-refractivity contribution < 1.29 is 4.65 Å². The van der Waals surface area contributed by atoms with Crippen LogP contribution in [0.2, 0.25) is 0 Å². The zero-order valence-electron chi connectivity index (χ0n) is 8.85. The molecule has 1 rings (SSSR count). The minimum atomic E-state index is 0.704. The van der Waals surface area contributed by atoms with Gasteiger partial charge in [0.15, 0.2) is 0 Å². The van der Waals surface area contributed by atoms with Crippen molar-refractivity contribution in [3.8, 4) is 0 Å². The largest absolute Gasteiger partial charge is 0.444 e. The van der Waals surface area contributed by atoms with Gasteiger partial charge in [0.1, 0.15) is 0 Å². The summed E-state index contributed by atoms with van der Waals surface area (Å²) in [4.78, 5) is 0. The minimum Gasteiger partial charge on any atom is -0.444 e. The summed E-state index contributed by atoms with van der Waals surface area (Å²) in [6, 6.07) is 0. The predicted octanol–water partition coefficient (Wildman–Crippen LogP) is 1.79. The van der Waals surface area contributed by atoms with Crippen LogP contribution in [0.5, 0.6) is 0 Å². The molecule has 0 aliphatic heterocycles. The van der Waals surface area contributed by atoms with Crippen molar-refractivity contribution in [2.24, 2.45) is 17.8 Å². The topological polar surface area (TPSA) is 9.23 Å². The highest BCUT2D eigenvalue weighted by molar-refractivity contribution is 5.97. The van der Waals surface area contributed by atoms with Gasteiger partial charge < -0.3 is 4.65 Å². The maximum absolute atomic E-state index is 5.24. The van der Waals surface area contributed by atoms with Crippen LogP contribution >= 0.6 is 0 Å². The summed E-state index contributed by atoms with van der Waals surface area (Å²) in [5.74, 6) is 2.12. The van der Waals surface area contributed by atoms with Gasteiger partial charge in [-0.15, -0.1) is 0 Å². The summed E-state index contributed by atoms with van der Waals surface area (Å²) in [6.07, 6.45) is 0. The van der Waals surface area contributed by atoms with Gasteiger partial charge in [0.2, 0.25) is 0 Å². The van der Waals surface area contributed by atoms with Crippen LogP contribution in [0.25, 0.3) is 0 Å². The first kappa shape index (κ1) is 9.85. The smallest absolute Gasteiger partial charge is 0.257 e. The molecule has 0 aromatic heterocycles. The molecule has 1 aliphatic carbocycles. The molecule has 0 aromatic rings. The summed E-state index contributed by atoms with van der Waals surface area (Å²) in [7, 11) is 1.79. The monoisotopic (exact) mass is 166 g/mol. The quantitative estimate of drug-likeness (QED) is 0.448. The van der Waals surface area contributed by atoms with E-state index in [1.54, 1.807) is 19.2 Å². The molecule has 0 heterocycles. The molecule has 0 saturated heterocycles. The molecule has 0 radical (unpaired) electrons. The second kappa shape index (κ2) is 3.65. The van der Waals surface area contributed by atoms with Crippen LogP contribution in [0.15, 0.2) is 11.1 Å². The van der Waals surface area contributed by atoms with Crippen LogP contribution in [0.4, 0.5) is 0 Å². The number of hydrogen-bond donors (Lipinski definition) is 0. The Morgan fingerprint density at radius 2 is 1.58 bits per heavy atom. The summed E-state index contributed by atoms with van der Waals surface area (Å²) >= 11 is 0. The van der Waals surface area contributed by atoms with Crippen molar-refractivity contribution in [3.63, 3.8) is 0 Å². The standard InChI is InChI=1S/C10H19BO/c1-6-7(2)9(4)10(5-12-11)8(6)3/h8-10H,5,11H2,1-4H3. The molecule has 0 aromatic carbocycles. The second-order valence-electron chi connectivity index (χ2n) is 4.06. The van der Waals surface area contributed by atoms with Crippen molar-refractivity contribution in [1.82, 2.24) is 0 Å². The molecule has 0 bridgehead atoms. The highest BCUT2D eigenvalue weighted by Crippen LogP contribution is 2.40. The Kier molecular flexibility index (Phi) is 3.00. The van der Waals surface area contributed by atoms with Crippen molar-refractivity contribution >= 4 is 8.05 Å². The Morgan fingerprint density at radius 3 is 1.92 bits per heavy atom. The van der Waals surface area contributed by atoms with Gasteiger partial charge in [-0.1, -0.05) is 25.0 Å². The molecule has 0 N–H and O–H groups in total. The van der Waals surface area contributed by atoms with E-state index in [0.717, 1.165) is 6.61 Å². The third kappa shape index (κ3) is 1.45. The lowest BCUT2D eigenvalue weighted by Crippen LogP contribution is -2.19. The van der Waals surface area contributed by atoms with Crippen LogP contribution in [-0.4, -0.2) is 14.7 Å². The Balaban J connectivity index is 2.73. The Hall–Kier alpha value is -0.235. The van der Waals surface area contributed by atoms with E-state index in [9.17, 15) is 0 Å². The fourth-order valence-electron chi connectivity index (χ4n) is 2.27. The van der Waals surface area contributed by atoms with Crippen LogP contribution in [-0.2, 0) is 4.65 Å². The van der Waals surface area contributed by atoms with E-state index in [1.807, 2.05) is 0 Å². The first-order chi connectivity index (χ1) is 5.59. The predicted molar refractivity (Wildman–Crippen MR) is 54.7 cm³/mol. The molecule has 2 heteroatoms. The molecule has 1 aliphatic rings. The maximum atomic E-state index is 5.24. The summed E-state index contributed by atoms with van der Waals surface area (Å²) in [6.45, 7) is 10.0. The van der Waals surface area contributed by atoms with Gasteiger partial charge in [-0.05, 0) is 31.6 Å². The first-order valence-corrected chi connectivity index (χ1v) is 4.75. The van der Waals surface area contributed by atoms with Crippen LogP contribution in [0, 0.1) is 17.8 Å². The molecule has 0 fully saturated rings. The summed E-state index contributed by atoms with van der Waals surface area (Å²) < 4.78 is 5.24. The molecule has 2 unspecified atom stereocenters. The summed E-state index contributed by atoms with van der Waals surface area (Å²) in [5, 5.41) is 0. The molecule has 12 heavy (non-hydrogen) atoms. The third-order valence-corrected chi connectivity index (χ3v) is 3.63. The average molecular weight is 166 g/mol. The fourth-order valence-corrected chi connectivity index (χ4v) is 2.27. The fraction of sp³-hybridized carbons (Fsp3) is 0.800. The van der Waals surface area contributed by atoms with Crippen molar-refractivity contribution in [2.75, 3.05) is 6.61 Å². The van der Waals surface area contributed by atoms with Crippen molar-refractivity contribution in [3.05, 3.63) is 11.1 Å². The van der Waals surface area contributed by atoms with Crippen LogP contribution in [0.1, 0.15) is 27.7 Å². The molecule has 2 atom stereocenters. The van der Waals surface area contributed by atoms with E-state index in [1.165, 1.54) is 0 Å². The van der Waals surface area contributed by atoms with Gasteiger partial charge in [0, 0.05) is 6.61 Å². The average Bonchev–Trinajstić information content (AvgIpc) is 2.23. The molecule has 1 nitrogen and oxygen atoms in total. The molecule has 68 valence electrons. The lowest BCUT2D eigenvalue weighted by Gasteiger charge is -2.21. The van der Waals surface area contributed by atoms with E-state index in [2.05, 4.69) is 27.7 Å². The second-order valence-corrected chi connectivity index (χ2v) is 4.06. The third-order valence-electron chi connectivity index (χ3n) is 3.63. The number of rotatable bonds is 2. The van der Waals surface area contributed by atoms with Gasteiger partial charge in [-0.3, -0.25) is 0 Å². The van der Waals surface area contributed by atoms with Crippen molar-refractivity contribution in [2.45, 2.75) is 27.7 Å². The van der Waals surface area contributed by atoms with Crippen molar-refractivity contribution in [1.29, 1.82) is 0 Å². The SMILES string of the molecule is BOCC1C(C)C(C)=C(C)C1C. The number of hydrogen-bond acceptors (Lipinski definition) is 1. The van der Waals surface area contributed by atoms with Gasteiger partial charge in [-0.2, -0.15) is 0 Å². The van der Waals surface area contributed by atoms with Crippen LogP contribution in [0.3, 0.4) is 0 Å². The highest BCUT2D eigenvalue weighted by atomic mass is 16.4. The maximum Gasteiger partial charge on any atom is 0.257 e. The molecule has 0 amide bonds. The van der Waals surface area contributed by atoms with Gasteiger partial charge >= 0.3 is 0 Å². The molecule has 0 saturated carbocycles. The van der Waals surface area contributed by atoms with Gasteiger partial charge in [0.05, 0.1) is 0 Å². The molecule has 0 spiro atoms. The first-order valence-electron chi connectivity index (χ1n) is 4.75. The zero-order valence-corrected chi connectivity index (χ0v) is 8.85. The van der Waals surface area contributed by atoms with E-state index in [0.29, 0.717) is 17.8 Å². The lowest BCUT2D eigenvalue weighted by atomic mass is 9.88. The molecular formula is C10H19BO. The van der Waals surface area contributed by atoms with Gasteiger partial charge in [-0.25, -0.2) is 0 Å². The zero-order chi connectivity index (χ0) is 9.30. The van der Waals surface area contributed by atoms with E-state index < -0.39 is 0 Å². The Labute approximate surface area is 76.6 Å². The molecular weight excluding hydrogens is 147 g/mol. The Morgan fingerprint density at radius 1 is 1.17 bits per heavy atom. The normalized spacial score (nSPS) is 36.2. The highest BCUT2D eigenvalue weighted by Gasteiger charge is 2.32. The van der Waals surface area contributed by atoms with E-state index in [4.69, 9.17) is 4.65 Å². The van der Waals surface area contributed by atoms with E-state index in [-0.39, 0.29) is 0 Å². The Bertz CT molecular complexity index is 180. The minimum absolute atomic E-state index is 0.704.